The highest BCUT2D eigenvalue weighted by atomic mass is 28.4. The molecule has 0 fully saturated rings. The molecule has 0 saturated heterocycles. The Morgan fingerprint density at radius 3 is 1.67 bits per heavy atom. The van der Waals surface area contributed by atoms with Crippen molar-refractivity contribution in [1.29, 1.82) is 0 Å². The fourth-order valence-corrected chi connectivity index (χ4v) is 9.75. The van der Waals surface area contributed by atoms with E-state index >= 15 is 0 Å². The minimum Gasteiger partial charge on any atom is -0.491 e. The van der Waals surface area contributed by atoms with Crippen LogP contribution in [0.15, 0.2) is 109 Å². The standard InChI is InChI=1S/C35H40O6Si/c1-35(2,3)42(32-12-6-4-7-13-32,33-14-8-5-9-15-33)41-24-10-11-27-16-20-30(21-17-27)39-25-29(36)26-40-31-22-18-28(19-23-31)34(37)38/h4-9,12-23,29,36H,10-11,24-26H2,1-3H3,(H,37,38). The highest BCUT2D eigenvalue weighted by molar-refractivity contribution is 6.99. The number of carboxylic acid groups (broad SMARTS) is 1. The summed E-state index contributed by atoms with van der Waals surface area (Å²) in [5.74, 6) is 0.166. The van der Waals surface area contributed by atoms with Crippen molar-refractivity contribution in [2.24, 2.45) is 0 Å². The Bertz CT molecular complexity index is 1340. The zero-order valence-corrected chi connectivity index (χ0v) is 25.5. The number of hydrogen-bond donors (Lipinski definition) is 2. The zero-order valence-electron chi connectivity index (χ0n) is 24.5. The van der Waals surface area contributed by atoms with Crippen molar-refractivity contribution in [3.8, 4) is 11.5 Å². The predicted molar refractivity (Wildman–Crippen MR) is 169 cm³/mol. The van der Waals surface area contributed by atoms with Crippen LogP contribution in [0, 0.1) is 0 Å². The largest absolute Gasteiger partial charge is 0.491 e. The first-order valence-electron chi connectivity index (χ1n) is 14.3. The van der Waals surface area contributed by atoms with Crippen LogP contribution >= 0.6 is 0 Å². The molecule has 6 nitrogen and oxygen atoms in total. The van der Waals surface area contributed by atoms with E-state index in [1.165, 1.54) is 28.1 Å². The molecule has 0 radical (unpaired) electrons. The van der Waals surface area contributed by atoms with E-state index in [-0.39, 0.29) is 23.8 Å². The first kappa shape index (κ1) is 31.0. The minimum atomic E-state index is -2.53. The number of carboxylic acids is 1. The molecule has 0 bridgehead atoms. The molecular formula is C35H40O6Si. The van der Waals surface area contributed by atoms with Gasteiger partial charge in [0.25, 0.3) is 8.32 Å². The fraction of sp³-hybridized carbons (Fsp3) is 0.286. The van der Waals surface area contributed by atoms with Crippen molar-refractivity contribution in [3.63, 3.8) is 0 Å². The van der Waals surface area contributed by atoms with Gasteiger partial charge in [0.15, 0.2) is 0 Å². The molecule has 7 heteroatoms. The topological polar surface area (TPSA) is 85.2 Å². The SMILES string of the molecule is CC(C)(C)[Si](OCCCc1ccc(OCC(O)COc2ccc(C(=O)O)cc2)cc1)(c1ccccc1)c1ccccc1. The molecule has 0 aromatic heterocycles. The van der Waals surface area contributed by atoms with E-state index in [0.717, 1.165) is 12.8 Å². The Kier molecular flexibility index (Phi) is 10.6. The second kappa shape index (κ2) is 14.3. The van der Waals surface area contributed by atoms with Gasteiger partial charge in [-0.15, -0.1) is 0 Å². The van der Waals surface area contributed by atoms with Crippen LogP contribution in [-0.2, 0) is 10.8 Å². The molecule has 1 atom stereocenters. The maximum Gasteiger partial charge on any atom is 0.335 e. The first-order valence-corrected chi connectivity index (χ1v) is 16.2. The van der Waals surface area contributed by atoms with Crippen LogP contribution < -0.4 is 19.8 Å². The number of hydrogen-bond acceptors (Lipinski definition) is 5. The monoisotopic (exact) mass is 584 g/mol. The number of benzene rings is 4. The van der Waals surface area contributed by atoms with Gasteiger partial charge < -0.3 is 24.1 Å². The fourth-order valence-electron chi connectivity index (χ4n) is 5.14. The van der Waals surface area contributed by atoms with E-state index in [1.54, 1.807) is 12.1 Å². The summed E-state index contributed by atoms with van der Waals surface area (Å²) < 4.78 is 18.3. The minimum absolute atomic E-state index is 0.0375. The molecule has 2 N–H and O–H groups in total. The Morgan fingerprint density at radius 1 is 0.738 bits per heavy atom. The van der Waals surface area contributed by atoms with Crippen LogP contribution in [0.5, 0.6) is 11.5 Å². The Balaban J connectivity index is 1.28. The van der Waals surface area contributed by atoms with Gasteiger partial charge in [0.1, 0.15) is 30.8 Å². The van der Waals surface area contributed by atoms with Gasteiger partial charge in [-0.25, -0.2) is 4.79 Å². The zero-order chi connectivity index (χ0) is 30.0. The lowest BCUT2D eigenvalue weighted by atomic mass is 10.1. The van der Waals surface area contributed by atoms with Crippen molar-refractivity contribution in [2.45, 2.75) is 44.8 Å². The lowest BCUT2D eigenvalue weighted by Gasteiger charge is -2.43. The van der Waals surface area contributed by atoms with Crippen molar-refractivity contribution >= 4 is 24.7 Å². The average Bonchev–Trinajstić information content (AvgIpc) is 3.00. The number of rotatable bonds is 14. The lowest BCUT2D eigenvalue weighted by molar-refractivity contribution is 0.0625. The maximum absolute atomic E-state index is 11.0. The summed E-state index contributed by atoms with van der Waals surface area (Å²) >= 11 is 0. The number of carbonyl (C=O) groups is 1. The number of aromatic carboxylic acids is 1. The molecule has 1 unspecified atom stereocenters. The summed E-state index contributed by atoms with van der Waals surface area (Å²) in [6.45, 7) is 7.66. The quantitative estimate of drug-likeness (QED) is 0.146. The Labute approximate surface area is 249 Å². The van der Waals surface area contributed by atoms with Gasteiger partial charge in [0.05, 0.1) is 5.56 Å². The van der Waals surface area contributed by atoms with Crippen LogP contribution in [-0.4, -0.2) is 50.4 Å². The van der Waals surface area contributed by atoms with E-state index in [2.05, 4.69) is 81.4 Å². The van der Waals surface area contributed by atoms with Crippen LogP contribution in [0.1, 0.15) is 43.1 Å². The van der Waals surface area contributed by atoms with E-state index in [9.17, 15) is 9.90 Å². The second-order valence-corrected chi connectivity index (χ2v) is 15.7. The summed E-state index contributed by atoms with van der Waals surface area (Å²) in [6.07, 6.45) is 0.951. The van der Waals surface area contributed by atoms with Crippen molar-refractivity contribution in [3.05, 3.63) is 120 Å². The van der Waals surface area contributed by atoms with Gasteiger partial charge in [-0.3, -0.25) is 0 Å². The second-order valence-electron chi connectivity index (χ2n) is 11.4. The Hall–Kier alpha value is -3.91. The normalized spacial score (nSPS) is 12.5. The van der Waals surface area contributed by atoms with Gasteiger partial charge in [-0.1, -0.05) is 93.6 Å². The lowest BCUT2D eigenvalue weighted by Crippen LogP contribution is -2.66. The number of aliphatic hydroxyl groups is 1. The summed E-state index contributed by atoms with van der Waals surface area (Å²) in [6, 6.07) is 35.4. The van der Waals surface area contributed by atoms with Crippen LogP contribution in [0.3, 0.4) is 0 Å². The number of ether oxygens (including phenoxy) is 2. The molecule has 42 heavy (non-hydrogen) atoms. The Morgan fingerprint density at radius 2 is 1.21 bits per heavy atom. The summed E-state index contributed by atoms with van der Waals surface area (Å²) in [4.78, 5) is 11.0. The molecule has 4 aromatic rings. The van der Waals surface area contributed by atoms with Gasteiger partial charge >= 0.3 is 5.97 Å². The van der Waals surface area contributed by atoms with Crippen molar-refractivity contribution in [2.75, 3.05) is 19.8 Å². The van der Waals surface area contributed by atoms with Crippen molar-refractivity contribution in [1.82, 2.24) is 0 Å². The van der Waals surface area contributed by atoms with Crippen molar-refractivity contribution < 1.29 is 28.9 Å². The average molecular weight is 585 g/mol. The molecule has 0 spiro atoms. The number of aryl methyl sites for hydroxylation is 1. The molecule has 0 aliphatic rings. The van der Waals surface area contributed by atoms with E-state index in [4.69, 9.17) is 19.0 Å². The third-order valence-corrected chi connectivity index (χ3v) is 12.3. The molecule has 0 aliphatic carbocycles. The van der Waals surface area contributed by atoms with Gasteiger partial charge in [0.2, 0.25) is 0 Å². The van der Waals surface area contributed by atoms with Gasteiger partial charge in [-0.2, -0.15) is 0 Å². The van der Waals surface area contributed by atoms with E-state index in [0.29, 0.717) is 18.1 Å². The molecular weight excluding hydrogens is 544 g/mol. The van der Waals surface area contributed by atoms with E-state index in [1.807, 2.05) is 24.3 Å². The molecule has 0 heterocycles. The third-order valence-electron chi connectivity index (χ3n) is 7.25. The number of aliphatic hydroxyl groups excluding tert-OH is 1. The van der Waals surface area contributed by atoms with Gasteiger partial charge in [-0.05, 0) is 70.2 Å². The van der Waals surface area contributed by atoms with Crippen LogP contribution in [0.2, 0.25) is 5.04 Å². The summed E-state index contributed by atoms with van der Waals surface area (Å²) in [5, 5.41) is 21.7. The van der Waals surface area contributed by atoms with E-state index < -0.39 is 20.4 Å². The summed E-state index contributed by atoms with van der Waals surface area (Å²) in [5.41, 5.74) is 1.38. The summed E-state index contributed by atoms with van der Waals surface area (Å²) in [7, 11) is -2.53. The van der Waals surface area contributed by atoms with Crippen LogP contribution in [0.25, 0.3) is 0 Å². The molecule has 220 valence electrons. The highest BCUT2D eigenvalue weighted by Crippen LogP contribution is 2.36. The molecule has 4 aromatic carbocycles. The first-order chi connectivity index (χ1) is 20.2. The maximum atomic E-state index is 11.0. The predicted octanol–water partition coefficient (Wildman–Crippen LogP) is 5.71. The third kappa shape index (κ3) is 7.88. The smallest absolute Gasteiger partial charge is 0.335 e. The molecule has 0 amide bonds. The molecule has 0 aliphatic heterocycles. The van der Waals surface area contributed by atoms with Crippen LogP contribution in [0.4, 0.5) is 0 Å². The molecule has 4 rings (SSSR count). The van der Waals surface area contributed by atoms with Gasteiger partial charge in [0, 0.05) is 6.61 Å². The highest BCUT2D eigenvalue weighted by Gasteiger charge is 2.49. The molecule has 0 saturated carbocycles.